The Morgan fingerprint density at radius 1 is 0.514 bits per heavy atom. The predicted octanol–water partition coefficient (Wildman–Crippen LogP) is 14.5. The molecule has 11 heteroatoms. The molecule has 7 unspecified atom stereocenters. The Bertz CT molecular complexity index is 1370. The number of hydrogen-bond donors (Lipinski definition) is 6. The van der Waals surface area contributed by atoms with Crippen LogP contribution in [0.15, 0.2) is 48.6 Å². The van der Waals surface area contributed by atoms with Crippen LogP contribution >= 0.6 is 0 Å². The zero-order chi connectivity index (χ0) is 53.8. The number of allylic oxidation sites excluding steroid dienone is 7. The van der Waals surface area contributed by atoms with E-state index in [2.05, 4.69) is 42.6 Å². The van der Waals surface area contributed by atoms with E-state index < -0.39 is 49.5 Å². The molecule has 1 rings (SSSR count). The molecule has 7 atom stereocenters. The molecule has 1 saturated heterocycles. The SMILES string of the molecule is C/C=C/CC/C=C/CC/C=C/C(O)C(COC1OC(CO)C(O)C(O)C1O)NC(=O)CCCCCCCCC/C=C\CCCCCCCCCCCOC(=O)CCCCCCCCCCCCCCCCCCC. The molecule has 0 radical (unpaired) electrons. The summed E-state index contributed by atoms with van der Waals surface area (Å²) < 4.78 is 16.7. The van der Waals surface area contributed by atoms with E-state index in [1.165, 1.54) is 167 Å². The summed E-state index contributed by atoms with van der Waals surface area (Å²) in [7, 11) is 0. The molecule has 0 spiro atoms. The average molecular weight is 1050 g/mol. The van der Waals surface area contributed by atoms with Gasteiger partial charge in [-0.25, -0.2) is 0 Å². The first-order chi connectivity index (χ1) is 36.2. The Morgan fingerprint density at radius 2 is 0.932 bits per heavy atom. The fraction of sp³-hybridized carbons (Fsp3) is 0.841. The third kappa shape index (κ3) is 41.7. The topological polar surface area (TPSA) is 175 Å². The molecule has 0 aliphatic carbocycles. The molecule has 1 aliphatic heterocycles. The highest BCUT2D eigenvalue weighted by atomic mass is 16.7. The van der Waals surface area contributed by atoms with Crippen LogP contribution in [0.1, 0.15) is 277 Å². The van der Waals surface area contributed by atoms with Crippen LogP contribution in [0.25, 0.3) is 0 Å². The van der Waals surface area contributed by atoms with Crippen LogP contribution in [0.5, 0.6) is 0 Å². The number of aliphatic hydroxyl groups is 5. The van der Waals surface area contributed by atoms with Crippen LogP contribution in [-0.4, -0.2) is 100 Å². The first-order valence-electron chi connectivity index (χ1n) is 30.9. The second-order valence-corrected chi connectivity index (χ2v) is 21.4. The van der Waals surface area contributed by atoms with E-state index in [1.807, 2.05) is 19.1 Å². The summed E-state index contributed by atoms with van der Waals surface area (Å²) in [6.45, 7) is 4.08. The lowest BCUT2D eigenvalue weighted by atomic mass is 9.99. The monoisotopic (exact) mass is 1050 g/mol. The van der Waals surface area contributed by atoms with Gasteiger partial charge in [0.2, 0.25) is 5.91 Å². The Hall–Kier alpha value is -2.38. The van der Waals surface area contributed by atoms with Gasteiger partial charge in [0.25, 0.3) is 0 Å². The number of rotatable bonds is 53. The van der Waals surface area contributed by atoms with E-state index in [0.29, 0.717) is 25.9 Å². The number of amides is 1. The van der Waals surface area contributed by atoms with Gasteiger partial charge in [0, 0.05) is 12.8 Å². The van der Waals surface area contributed by atoms with Crippen molar-refractivity contribution in [3.05, 3.63) is 48.6 Å². The van der Waals surface area contributed by atoms with E-state index in [0.717, 1.165) is 77.0 Å². The zero-order valence-electron chi connectivity index (χ0n) is 47.6. The molecule has 0 aromatic heterocycles. The molecular formula is C63H115NO10. The molecule has 11 nitrogen and oxygen atoms in total. The highest BCUT2D eigenvalue weighted by molar-refractivity contribution is 5.76. The third-order valence-electron chi connectivity index (χ3n) is 14.5. The molecular weight excluding hydrogens is 931 g/mol. The van der Waals surface area contributed by atoms with Crippen LogP contribution in [0.3, 0.4) is 0 Å². The number of carbonyl (C=O) groups excluding carboxylic acids is 2. The lowest BCUT2D eigenvalue weighted by molar-refractivity contribution is -0.302. The number of esters is 1. The maximum absolute atomic E-state index is 13.0. The molecule has 74 heavy (non-hydrogen) atoms. The largest absolute Gasteiger partial charge is 0.466 e. The molecule has 1 fully saturated rings. The summed E-state index contributed by atoms with van der Waals surface area (Å²) >= 11 is 0. The van der Waals surface area contributed by atoms with E-state index >= 15 is 0 Å². The second-order valence-electron chi connectivity index (χ2n) is 21.4. The molecule has 0 saturated carbocycles. The quantitative estimate of drug-likeness (QED) is 0.0195. The van der Waals surface area contributed by atoms with Crippen molar-refractivity contribution in [1.82, 2.24) is 5.32 Å². The first-order valence-corrected chi connectivity index (χ1v) is 30.9. The molecule has 0 aromatic carbocycles. The van der Waals surface area contributed by atoms with Crippen molar-refractivity contribution in [2.45, 2.75) is 320 Å². The van der Waals surface area contributed by atoms with Gasteiger partial charge in [-0.1, -0.05) is 235 Å². The van der Waals surface area contributed by atoms with Crippen molar-refractivity contribution in [3.63, 3.8) is 0 Å². The van der Waals surface area contributed by atoms with E-state index in [9.17, 15) is 35.1 Å². The van der Waals surface area contributed by atoms with Crippen molar-refractivity contribution < 1.29 is 49.3 Å². The summed E-state index contributed by atoms with van der Waals surface area (Å²) in [5.74, 6) is -0.214. The summed E-state index contributed by atoms with van der Waals surface area (Å²) in [6.07, 6.45) is 56.8. The predicted molar refractivity (Wildman–Crippen MR) is 306 cm³/mol. The first kappa shape index (κ1) is 69.6. The normalized spacial score (nSPS) is 19.1. The van der Waals surface area contributed by atoms with Crippen LogP contribution in [0.4, 0.5) is 0 Å². The number of hydrogen-bond acceptors (Lipinski definition) is 10. The smallest absolute Gasteiger partial charge is 0.305 e. The Balaban J connectivity index is 2.00. The van der Waals surface area contributed by atoms with Crippen molar-refractivity contribution in [2.75, 3.05) is 19.8 Å². The van der Waals surface area contributed by atoms with Crippen LogP contribution in [0.2, 0.25) is 0 Å². The van der Waals surface area contributed by atoms with Gasteiger partial charge < -0.3 is 45.1 Å². The molecule has 1 heterocycles. The summed E-state index contributed by atoms with van der Waals surface area (Å²) in [5.41, 5.74) is 0. The number of unbranched alkanes of at least 4 members (excludes halogenated alkanes) is 34. The highest BCUT2D eigenvalue weighted by Crippen LogP contribution is 2.23. The van der Waals surface area contributed by atoms with E-state index in [1.54, 1.807) is 6.08 Å². The summed E-state index contributed by atoms with van der Waals surface area (Å²) in [4.78, 5) is 25.1. The Labute approximate surface area is 453 Å². The lowest BCUT2D eigenvalue weighted by Crippen LogP contribution is -2.60. The van der Waals surface area contributed by atoms with Crippen molar-refractivity contribution in [2.24, 2.45) is 0 Å². The van der Waals surface area contributed by atoms with Gasteiger partial charge in [-0.05, 0) is 77.6 Å². The van der Waals surface area contributed by atoms with Gasteiger partial charge in [0.05, 0.1) is 32.0 Å². The minimum absolute atomic E-state index is 0.00524. The Kier molecular flexibility index (Phi) is 49.6. The van der Waals surface area contributed by atoms with Crippen LogP contribution < -0.4 is 5.32 Å². The highest BCUT2D eigenvalue weighted by Gasteiger charge is 2.44. The van der Waals surface area contributed by atoms with Gasteiger partial charge in [0.15, 0.2) is 6.29 Å². The number of nitrogens with one attached hydrogen (secondary N) is 1. The zero-order valence-corrected chi connectivity index (χ0v) is 47.6. The molecule has 1 aliphatic rings. The molecule has 0 bridgehead atoms. The van der Waals surface area contributed by atoms with Gasteiger partial charge in [-0.3, -0.25) is 9.59 Å². The average Bonchev–Trinajstić information content (AvgIpc) is 3.40. The molecule has 432 valence electrons. The number of carbonyl (C=O) groups is 2. The minimum Gasteiger partial charge on any atom is -0.466 e. The summed E-state index contributed by atoms with van der Waals surface area (Å²) in [5, 5.41) is 54.1. The van der Waals surface area contributed by atoms with Crippen LogP contribution in [-0.2, 0) is 23.8 Å². The maximum atomic E-state index is 13.0. The van der Waals surface area contributed by atoms with Crippen molar-refractivity contribution >= 4 is 11.9 Å². The van der Waals surface area contributed by atoms with Crippen molar-refractivity contribution in [3.8, 4) is 0 Å². The standard InChI is InChI=1S/C63H115NO10/c1-3-5-7-9-11-13-14-15-16-21-25-28-31-35-39-43-47-51-59(68)72-52-48-44-40-36-32-29-26-23-20-18-17-19-22-24-27-30-34-38-42-46-50-58(67)64-55(56(66)49-45-41-37-33-12-10-8-6-4-2)54-73-63-62(71)61(70)60(69)57(53-65)74-63/h4,6,12,17,19,33,45,49,55-57,60-63,65-66,69-71H,3,5,7-11,13-16,18,20-32,34-44,46-48,50-54H2,1-2H3,(H,64,67)/b6-4+,19-17-,33-12+,49-45+. The van der Waals surface area contributed by atoms with Crippen LogP contribution in [0, 0.1) is 0 Å². The fourth-order valence-electron chi connectivity index (χ4n) is 9.59. The van der Waals surface area contributed by atoms with Gasteiger partial charge >= 0.3 is 5.97 Å². The van der Waals surface area contributed by atoms with Gasteiger partial charge in [-0.15, -0.1) is 0 Å². The Morgan fingerprint density at radius 3 is 1.42 bits per heavy atom. The second kappa shape index (κ2) is 52.7. The lowest BCUT2D eigenvalue weighted by Gasteiger charge is -2.40. The maximum Gasteiger partial charge on any atom is 0.305 e. The van der Waals surface area contributed by atoms with Gasteiger partial charge in [-0.2, -0.15) is 0 Å². The van der Waals surface area contributed by atoms with Gasteiger partial charge in [0.1, 0.15) is 24.4 Å². The number of aliphatic hydroxyl groups excluding tert-OH is 5. The van der Waals surface area contributed by atoms with E-state index in [4.69, 9.17) is 14.2 Å². The molecule has 1 amide bonds. The number of ether oxygens (including phenoxy) is 3. The summed E-state index contributed by atoms with van der Waals surface area (Å²) in [6, 6.07) is -0.840. The molecule has 6 N–H and O–H groups in total. The third-order valence-corrected chi connectivity index (χ3v) is 14.5. The molecule has 0 aromatic rings. The minimum atomic E-state index is -1.58. The van der Waals surface area contributed by atoms with Crippen molar-refractivity contribution in [1.29, 1.82) is 0 Å². The van der Waals surface area contributed by atoms with E-state index in [-0.39, 0.29) is 18.5 Å². The fourth-order valence-corrected chi connectivity index (χ4v) is 9.59.